The van der Waals surface area contributed by atoms with Gasteiger partial charge in [-0.25, -0.2) is 9.13 Å². The molecular weight excluding hydrogens is 1210 g/mol. The average molecular weight is 1350 g/mol. The molecule has 0 radical (unpaired) electrons. The zero-order valence-electron chi connectivity index (χ0n) is 60.2. The minimum Gasteiger partial charge on any atom is -0.462 e. The molecule has 0 rings (SSSR count). The maximum absolute atomic E-state index is 13.1. The molecule has 0 saturated heterocycles. The molecule has 0 saturated carbocycles. The molecule has 0 heterocycles. The second kappa shape index (κ2) is 62.6. The number of phosphoric ester groups is 2. The van der Waals surface area contributed by atoms with Gasteiger partial charge in [0.2, 0.25) is 0 Å². The molecule has 0 aromatic heterocycles. The third kappa shape index (κ3) is 66.7. The van der Waals surface area contributed by atoms with Crippen molar-refractivity contribution in [3.8, 4) is 0 Å². The van der Waals surface area contributed by atoms with E-state index < -0.39 is 97.5 Å². The number of ether oxygens (including phenoxy) is 4. The Morgan fingerprint density at radius 3 is 0.674 bits per heavy atom. The van der Waals surface area contributed by atoms with E-state index in [1.807, 2.05) is 0 Å². The van der Waals surface area contributed by atoms with Crippen LogP contribution in [-0.2, 0) is 65.4 Å². The molecule has 0 spiro atoms. The second-order valence-electron chi connectivity index (χ2n) is 28.2. The number of rotatable bonds is 70. The first-order chi connectivity index (χ1) is 44.1. The fourth-order valence-electron chi connectivity index (χ4n) is 11.0. The van der Waals surface area contributed by atoms with Crippen LogP contribution in [0.5, 0.6) is 0 Å². The fraction of sp³-hybridized carbons (Fsp3) is 0.945. The van der Waals surface area contributed by atoms with Crippen molar-refractivity contribution >= 4 is 39.5 Å². The molecule has 19 heteroatoms. The molecule has 2 unspecified atom stereocenters. The molecule has 0 aliphatic carbocycles. The zero-order chi connectivity index (χ0) is 68.2. The van der Waals surface area contributed by atoms with Crippen LogP contribution >= 0.6 is 15.6 Å². The van der Waals surface area contributed by atoms with Gasteiger partial charge in [-0.05, 0) is 49.4 Å². The molecule has 0 amide bonds. The van der Waals surface area contributed by atoms with Crippen LogP contribution in [-0.4, -0.2) is 96.7 Å². The van der Waals surface area contributed by atoms with E-state index >= 15 is 0 Å². The summed E-state index contributed by atoms with van der Waals surface area (Å²) in [6, 6.07) is 0. The standard InChI is InChI=1S/C73H142O17P2/c1-63(2)49-41-33-25-19-14-10-9-11-16-22-28-37-45-53-70(75)83-59-68(89-72(77)55-47-39-29-23-17-13-12-15-20-26-34-42-50-64(3)4)61-87-91(79,80)85-57-67(74)58-86-92(81,82)88-62-69(60-84-71(76)54-46-38-32-31-36-44-52-66(7)8)90-73(78)56-48-40-30-24-18-21-27-35-43-51-65(5)6/h63-69,74H,9-62H2,1-8H3,(H,79,80)(H,81,82)/t67-,68-,69-/m1/s1. The minimum absolute atomic E-state index is 0.104. The third-order valence-electron chi connectivity index (χ3n) is 16.8. The number of aliphatic hydroxyl groups is 1. The summed E-state index contributed by atoms with van der Waals surface area (Å²) in [6.45, 7) is 14.1. The van der Waals surface area contributed by atoms with E-state index in [1.165, 1.54) is 161 Å². The van der Waals surface area contributed by atoms with Gasteiger partial charge in [0.15, 0.2) is 12.2 Å². The maximum Gasteiger partial charge on any atom is 0.472 e. The van der Waals surface area contributed by atoms with Gasteiger partial charge in [0, 0.05) is 25.7 Å². The summed E-state index contributed by atoms with van der Waals surface area (Å²) in [5, 5.41) is 10.6. The predicted molar refractivity (Wildman–Crippen MR) is 372 cm³/mol. The van der Waals surface area contributed by atoms with E-state index in [2.05, 4.69) is 55.4 Å². The molecule has 0 aromatic rings. The van der Waals surface area contributed by atoms with Crippen LogP contribution < -0.4 is 0 Å². The molecule has 0 aliphatic rings. The lowest BCUT2D eigenvalue weighted by atomic mass is 10.0. The Balaban J connectivity index is 5.24. The minimum atomic E-state index is -4.96. The van der Waals surface area contributed by atoms with Gasteiger partial charge in [0.25, 0.3) is 0 Å². The quantitative estimate of drug-likeness (QED) is 0.0222. The van der Waals surface area contributed by atoms with Crippen LogP contribution in [0, 0.1) is 23.7 Å². The van der Waals surface area contributed by atoms with Crippen molar-refractivity contribution in [2.45, 2.75) is 382 Å². The number of carbonyl (C=O) groups excluding carboxylic acids is 4. The number of hydrogen-bond donors (Lipinski definition) is 3. The summed E-state index contributed by atoms with van der Waals surface area (Å²) >= 11 is 0. The van der Waals surface area contributed by atoms with E-state index in [9.17, 15) is 43.2 Å². The van der Waals surface area contributed by atoms with E-state index in [0.29, 0.717) is 31.6 Å². The van der Waals surface area contributed by atoms with Crippen molar-refractivity contribution in [1.82, 2.24) is 0 Å². The molecule has 0 aromatic carbocycles. The smallest absolute Gasteiger partial charge is 0.462 e. The largest absolute Gasteiger partial charge is 0.472 e. The Morgan fingerprint density at radius 1 is 0.272 bits per heavy atom. The van der Waals surface area contributed by atoms with Crippen LogP contribution in [0.3, 0.4) is 0 Å². The lowest BCUT2D eigenvalue weighted by Crippen LogP contribution is -2.30. The van der Waals surface area contributed by atoms with Crippen LogP contribution in [0.25, 0.3) is 0 Å². The molecule has 546 valence electrons. The Hall–Kier alpha value is -1.94. The molecule has 17 nitrogen and oxygen atoms in total. The van der Waals surface area contributed by atoms with Crippen molar-refractivity contribution < 1.29 is 80.2 Å². The Kier molecular flexibility index (Phi) is 61.3. The van der Waals surface area contributed by atoms with Gasteiger partial charge in [-0.3, -0.25) is 37.3 Å². The lowest BCUT2D eigenvalue weighted by molar-refractivity contribution is -0.161. The number of phosphoric acid groups is 2. The van der Waals surface area contributed by atoms with Crippen LogP contribution in [0.15, 0.2) is 0 Å². The predicted octanol–water partition coefficient (Wildman–Crippen LogP) is 20.9. The first-order valence-corrected chi connectivity index (χ1v) is 40.7. The highest BCUT2D eigenvalue weighted by molar-refractivity contribution is 7.47. The average Bonchev–Trinajstić information content (AvgIpc) is 3.51. The van der Waals surface area contributed by atoms with E-state index in [1.54, 1.807) is 0 Å². The van der Waals surface area contributed by atoms with E-state index in [-0.39, 0.29) is 25.7 Å². The number of aliphatic hydroxyl groups excluding tert-OH is 1. The topological polar surface area (TPSA) is 237 Å². The molecule has 92 heavy (non-hydrogen) atoms. The lowest BCUT2D eigenvalue weighted by Gasteiger charge is -2.21. The highest BCUT2D eigenvalue weighted by atomic mass is 31.2. The van der Waals surface area contributed by atoms with Gasteiger partial charge in [0.05, 0.1) is 26.4 Å². The van der Waals surface area contributed by atoms with E-state index in [0.717, 1.165) is 114 Å². The number of esters is 4. The van der Waals surface area contributed by atoms with Gasteiger partial charge in [-0.2, -0.15) is 0 Å². The monoisotopic (exact) mass is 1350 g/mol. The molecule has 5 atom stereocenters. The van der Waals surface area contributed by atoms with Crippen molar-refractivity contribution in [2.75, 3.05) is 39.6 Å². The van der Waals surface area contributed by atoms with Gasteiger partial charge < -0.3 is 33.8 Å². The molecular formula is C73H142O17P2. The second-order valence-corrected chi connectivity index (χ2v) is 31.1. The molecule has 0 aliphatic heterocycles. The summed E-state index contributed by atoms with van der Waals surface area (Å²) in [5.74, 6) is 0.857. The molecule has 3 N–H and O–H groups in total. The number of hydrogen-bond acceptors (Lipinski definition) is 15. The highest BCUT2D eigenvalue weighted by Crippen LogP contribution is 2.45. The normalized spacial score (nSPS) is 14.2. The van der Waals surface area contributed by atoms with Gasteiger partial charge >= 0.3 is 39.5 Å². The SMILES string of the molecule is CC(C)CCCCCCCCCCCCCCCC(=O)OC[C@H](COP(=O)(O)OC[C@@H](O)COP(=O)(O)OC[C@@H](COC(=O)CCCCCCCCC(C)C)OC(=O)CCCCCCCCCCCC(C)C)OC(=O)CCCCCCCCCCCCCCC(C)C. The number of carbonyl (C=O) groups is 4. The maximum atomic E-state index is 13.1. The number of unbranched alkanes of at least 4 members (excludes halogenated alkanes) is 36. The summed E-state index contributed by atoms with van der Waals surface area (Å²) in [6.07, 6.45) is 46.0. The van der Waals surface area contributed by atoms with Crippen molar-refractivity contribution in [3.05, 3.63) is 0 Å². The third-order valence-corrected chi connectivity index (χ3v) is 18.7. The van der Waals surface area contributed by atoms with Crippen molar-refractivity contribution in [2.24, 2.45) is 23.7 Å². The molecule has 0 fully saturated rings. The summed E-state index contributed by atoms with van der Waals surface area (Å²) in [4.78, 5) is 72.6. The van der Waals surface area contributed by atoms with Gasteiger partial charge in [0.1, 0.15) is 19.3 Å². The van der Waals surface area contributed by atoms with Gasteiger partial charge in [-0.15, -0.1) is 0 Å². The summed E-state index contributed by atoms with van der Waals surface area (Å²) < 4.78 is 68.4. The van der Waals surface area contributed by atoms with Crippen LogP contribution in [0.2, 0.25) is 0 Å². The van der Waals surface area contributed by atoms with Crippen LogP contribution in [0.1, 0.15) is 364 Å². The Morgan fingerprint density at radius 2 is 0.457 bits per heavy atom. The first-order valence-electron chi connectivity index (χ1n) is 37.7. The highest BCUT2D eigenvalue weighted by Gasteiger charge is 2.30. The van der Waals surface area contributed by atoms with Crippen molar-refractivity contribution in [1.29, 1.82) is 0 Å². The molecule has 0 bridgehead atoms. The van der Waals surface area contributed by atoms with Crippen LogP contribution in [0.4, 0.5) is 0 Å². The van der Waals surface area contributed by atoms with Crippen molar-refractivity contribution in [3.63, 3.8) is 0 Å². The Bertz CT molecular complexity index is 1820. The zero-order valence-corrected chi connectivity index (χ0v) is 62.0. The summed E-state index contributed by atoms with van der Waals surface area (Å²) in [7, 11) is -9.91. The Labute approximate surface area is 562 Å². The van der Waals surface area contributed by atoms with E-state index in [4.69, 9.17) is 37.0 Å². The van der Waals surface area contributed by atoms with Gasteiger partial charge in [-0.1, -0.05) is 312 Å². The first kappa shape index (κ1) is 90.1. The fourth-order valence-corrected chi connectivity index (χ4v) is 12.6. The summed E-state index contributed by atoms with van der Waals surface area (Å²) in [5.41, 5.74) is 0.